The highest BCUT2D eigenvalue weighted by molar-refractivity contribution is 5.92. The lowest BCUT2D eigenvalue weighted by Gasteiger charge is -2.39. The van der Waals surface area contributed by atoms with Crippen molar-refractivity contribution in [2.75, 3.05) is 19.6 Å². The molecule has 172 valence electrons. The number of aryl methyl sites for hydroxylation is 1. The van der Waals surface area contributed by atoms with E-state index in [9.17, 15) is 0 Å². The third kappa shape index (κ3) is 5.92. The molecule has 0 aliphatic carbocycles. The predicted octanol–water partition coefficient (Wildman–Crippen LogP) is 7.83. The summed E-state index contributed by atoms with van der Waals surface area (Å²) in [5.41, 5.74) is 5.83. The summed E-state index contributed by atoms with van der Waals surface area (Å²) in [5, 5.41) is 1.35. The summed E-state index contributed by atoms with van der Waals surface area (Å²) in [6, 6.07) is 19.8. The van der Waals surface area contributed by atoms with E-state index in [1.807, 2.05) is 13.8 Å². The molecule has 0 N–H and O–H groups in total. The van der Waals surface area contributed by atoms with Crippen molar-refractivity contribution in [1.82, 2.24) is 9.47 Å². The fourth-order valence-corrected chi connectivity index (χ4v) is 4.95. The third-order valence-corrected chi connectivity index (χ3v) is 7.01. The van der Waals surface area contributed by atoms with Crippen LogP contribution in [0.4, 0.5) is 0 Å². The average molecular weight is 431 g/mol. The molecular weight excluding hydrogens is 388 g/mol. The summed E-state index contributed by atoms with van der Waals surface area (Å²) in [7, 11) is 0. The molecule has 2 aromatic carbocycles. The normalized spacial score (nSPS) is 15.9. The van der Waals surface area contributed by atoms with Gasteiger partial charge in [-0.05, 0) is 74.4 Å². The van der Waals surface area contributed by atoms with Gasteiger partial charge < -0.3 is 9.47 Å². The van der Waals surface area contributed by atoms with E-state index in [0.717, 1.165) is 13.0 Å². The van der Waals surface area contributed by atoms with Gasteiger partial charge in [0.15, 0.2) is 0 Å². The zero-order valence-corrected chi connectivity index (χ0v) is 20.7. The van der Waals surface area contributed by atoms with Gasteiger partial charge in [0.2, 0.25) is 0 Å². The standard InChI is InChI=1S/C28H36N2.C2H6/c1-4-23(2)26-22-30(27-14-9-8-13-25(26)27)18-10-17-29-19-15-28(3,16-20-29)21-24-11-6-5-7-12-24;1-2/h5-9,11-14,22H,2,4,10,15-21H2,1,3H3;1-2H3. The minimum Gasteiger partial charge on any atom is -0.347 e. The van der Waals surface area contributed by atoms with Gasteiger partial charge in [-0.25, -0.2) is 0 Å². The summed E-state index contributed by atoms with van der Waals surface area (Å²) < 4.78 is 2.44. The minimum absolute atomic E-state index is 0.448. The number of aromatic nitrogens is 1. The molecular formula is C30H42N2. The number of para-hydroxylation sites is 1. The Labute approximate surface area is 195 Å². The van der Waals surface area contributed by atoms with E-state index in [1.165, 1.54) is 72.9 Å². The molecule has 0 bridgehead atoms. The largest absolute Gasteiger partial charge is 0.347 e. The Kier molecular flexibility index (Phi) is 8.75. The molecule has 2 nitrogen and oxygen atoms in total. The van der Waals surface area contributed by atoms with Gasteiger partial charge in [0.1, 0.15) is 0 Å². The first-order valence-electron chi connectivity index (χ1n) is 12.6. The molecule has 0 atom stereocenters. The highest BCUT2D eigenvalue weighted by atomic mass is 15.1. The zero-order chi connectivity index (χ0) is 23.0. The van der Waals surface area contributed by atoms with Crippen molar-refractivity contribution < 1.29 is 0 Å². The van der Waals surface area contributed by atoms with Gasteiger partial charge in [-0.2, -0.15) is 0 Å². The monoisotopic (exact) mass is 430 g/mol. The van der Waals surface area contributed by atoms with Gasteiger partial charge in [0, 0.05) is 29.2 Å². The maximum atomic E-state index is 4.28. The highest BCUT2D eigenvalue weighted by Crippen LogP contribution is 2.34. The molecule has 0 radical (unpaired) electrons. The first kappa shape index (κ1) is 24.3. The Hall–Kier alpha value is -2.32. The quantitative estimate of drug-likeness (QED) is 0.353. The van der Waals surface area contributed by atoms with Crippen molar-refractivity contribution in [3.63, 3.8) is 0 Å². The van der Waals surface area contributed by atoms with E-state index in [0.29, 0.717) is 5.41 Å². The summed E-state index contributed by atoms with van der Waals surface area (Å²) >= 11 is 0. The van der Waals surface area contributed by atoms with Gasteiger partial charge in [0.05, 0.1) is 0 Å². The molecule has 3 aromatic rings. The van der Waals surface area contributed by atoms with Gasteiger partial charge in [-0.1, -0.05) is 82.8 Å². The average Bonchev–Trinajstić information content (AvgIpc) is 3.20. The second kappa shape index (κ2) is 11.5. The number of hydrogen-bond donors (Lipinski definition) is 0. The Morgan fingerprint density at radius 3 is 2.28 bits per heavy atom. The zero-order valence-electron chi connectivity index (χ0n) is 20.7. The van der Waals surface area contributed by atoms with Crippen LogP contribution in [0.2, 0.25) is 0 Å². The number of rotatable bonds is 8. The maximum absolute atomic E-state index is 4.28. The van der Waals surface area contributed by atoms with E-state index in [2.05, 4.69) is 90.7 Å². The van der Waals surface area contributed by atoms with Gasteiger partial charge in [0.25, 0.3) is 0 Å². The highest BCUT2D eigenvalue weighted by Gasteiger charge is 2.29. The second-order valence-electron chi connectivity index (χ2n) is 9.38. The van der Waals surface area contributed by atoms with Crippen molar-refractivity contribution in [3.8, 4) is 0 Å². The van der Waals surface area contributed by atoms with Gasteiger partial charge in [-0.15, -0.1) is 0 Å². The van der Waals surface area contributed by atoms with E-state index < -0.39 is 0 Å². The SMILES string of the molecule is C=C(CC)c1cn(CCCN2CCC(C)(Cc3ccccc3)CC2)c2ccccc12.CC. The lowest BCUT2D eigenvalue weighted by molar-refractivity contribution is 0.116. The van der Waals surface area contributed by atoms with Crippen LogP contribution in [0.3, 0.4) is 0 Å². The van der Waals surface area contributed by atoms with Crippen molar-refractivity contribution in [2.24, 2.45) is 5.41 Å². The summed E-state index contributed by atoms with van der Waals surface area (Å²) in [6.45, 7) is 17.7. The van der Waals surface area contributed by atoms with Crippen LogP contribution < -0.4 is 0 Å². The number of allylic oxidation sites excluding steroid dienone is 1. The molecule has 0 saturated carbocycles. The predicted molar refractivity (Wildman–Crippen MR) is 141 cm³/mol. The van der Waals surface area contributed by atoms with E-state index >= 15 is 0 Å². The van der Waals surface area contributed by atoms with E-state index in [1.54, 1.807) is 0 Å². The van der Waals surface area contributed by atoms with Crippen LogP contribution in [-0.4, -0.2) is 29.1 Å². The molecule has 4 rings (SSSR count). The first-order valence-corrected chi connectivity index (χ1v) is 12.6. The molecule has 1 fully saturated rings. The lowest BCUT2D eigenvalue weighted by Crippen LogP contribution is -2.40. The smallest absolute Gasteiger partial charge is 0.0486 e. The van der Waals surface area contributed by atoms with Crippen LogP contribution in [-0.2, 0) is 13.0 Å². The van der Waals surface area contributed by atoms with Gasteiger partial charge >= 0.3 is 0 Å². The molecule has 1 aliphatic rings. The molecule has 32 heavy (non-hydrogen) atoms. The Morgan fingerprint density at radius 2 is 1.59 bits per heavy atom. The first-order chi connectivity index (χ1) is 15.6. The number of hydrogen-bond acceptors (Lipinski definition) is 1. The third-order valence-electron chi connectivity index (χ3n) is 7.01. The van der Waals surface area contributed by atoms with Crippen LogP contribution in [0.1, 0.15) is 64.5 Å². The molecule has 0 amide bonds. The molecule has 1 saturated heterocycles. The number of nitrogens with zero attached hydrogens (tertiary/aromatic N) is 2. The van der Waals surface area contributed by atoms with Crippen LogP contribution in [0.5, 0.6) is 0 Å². The summed E-state index contributed by atoms with van der Waals surface area (Å²) in [6.07, 6.45) is 8.34. The number of fused-ring (bicyclic) bond motifs is 1. The molecule has 1 aliphatic heterocycles. The van der Waals surface area contributed by atoms with Crippen molar-refractivity contribution in [2.45, 2.75) is 66.3 Å². The molecule has 1 aromatic heterocycles. The second-order valence-corrected chi connectivity index (χ2v) is 9.38. The number of piperidine rings is 1. The summed E-state index contributed by atoms with van der Waals surface area (Å²) in [5.74, 6) is 0. The van der Waals surface area contributed by atoms with Gasteiger partial charge in [-0.3, -0.25) is 0 Å². The van der Waals surface area contributed by atoms with Crippen molar-refractivity contribution in [1.29, 1.82) is 0 Å². The topological polar surface area (TPSA) is 8.17 Å². The van der Waals surface area contributed by atoms with E-state index in [4.69, 9.17) is 0 Å². The Morgan fingerprint density at radius 1 is 0.938 bits per heavy atom. The minimum atomic E-state index is 0.448. The Bertz CT molecular complexity index is 974. The number of likely N-dealkylation sites (tertiary alicyclic amines) is 1. The van der Waals surface area contributed by atoms with Crippen LogP contribution in [0.25, 0.3) is 16.5 Å². The fraction of sp³-hybridized carbons (Fsp3) is 0.467. The van der Waals surface area contributed by atoms with Crippen molar-refractivity contribution >= 4 is 16.5 Å². The van der Waals surface area contributed by atoms with E-state index in [-0.39, 0.29) is 0 Å². The molecule has 0 unspecified atom stereocenters. The lowest BCUT2D eigenvalue weighted by atomic mass is 9.75. The van der Waals surface area contributed by atoms with Crippen LogP contribution in [0.15, 0.2) is 67.4 Å². The van der Waals surface area contributed by atoms with Crippen molar-refractivity contribution in [3.05, 3.63) is 78.5 Å². The Balaban J connectivity index is 0.00000141. The summed E-state index contributed by atoms with van der Waals surface area (Å²) in [4.78, 5) is 2.67. The maximum Gasteiger partial charge on any atom is 0.0486 e. The van der Waals surface area contributed by atoms with Crippen LogP contribution in [0, 0.1) is 5.41 Å². The molecule has 0 spiro atoms. The van der Waals surface area contributed by atoms with Crippen LogP contribution >= 0.6 is 0 Å². The molecule has 2 heteroatoms. The fourth-order valence-electron chi connectivity index (χ4n) is 4.95. The number of benzene rings is 2. The molecule has 2 heterocycles.